The second-order valence-corrected chi connectivity index (χ2v) is 6.05. The SMILES string of the molecule is CCOC(=O)c1cc2ccccc2nc1CSc1ccccc1. The maximum absolute atomic E-state index is 12.2. The average Bonchev–Trinajstić information content (AvgIpc) is 2.60. The Bertz CT molecular complexity index is 818. The molecule has 0 bridgehead atoms. The van der Waals surface area contributed by atoms with Gasteiger partial charge in [0, 0.05) is 16.0 Å². The highest BCUT2D eigenvalue weighted by Crippen LogP contribution is 2.26. The Morgan fingerprint density at radius 1 is 1.09 bits per heavy atom. The largest absolute Gasteiger partial charge is 0.462 e. The van der Waals surface area contributed by atoms with E-state index >= 15 is 0 Å². The molecule has 0 saturated heterocycles. The fourth-order valence-electron chi connectivity index (χ4n) is 2.32. The van der Waals surface area contributed by atoms with Crippen molar-refractivity contribution in [1.29, 1.82) is 0 Å². The smallest absolute Gasteiger partial charge is 0.340 e. The fourth-order valence-corrected chi connectivity index (χ4v) is 3.19. The van der Waals surface area contributed by atoms with Crippen LogP contribution in [0, 0.1) is 0 Å². The van der Waals surface area contributed by atoms with Crippen molar-refractivity contribution >= 4 is 28.6 Å². The van der Waals surface area contributed by atoms with Crippen LogP contribution in [0.4, 0.5) is 0 Å². The van der Waals surface area contributed by atoms with Gasteiger partial charge in [0.2, 0.25) is 0 Å². The first-order valence-electron chi connectivity index (χ1n) is 7.51. The van der Waals surface area contributed by atoms with E-state index in [2.05, 4.69) is 17.1 Å². The van der Waals surface area contributed by atoms with E-state index in [-0.39, 0.29) is 5.97 Å². The molecule has 0 saturated carbocycles. The van der Waals surface area contributed by atoms with Gasteiger partial charge in [-0.1, -0.05) is 36.4 Å². The second-order valence-electron chi connectivity index (χ2n) is 5.00. The first kappa shape index (κ1) is 15.6. The molecule has 0 radical (unpaired) electrons. The van der Waals surface area contributed by atoms with Crippen LogP contribution in [0.1, 0.15) is 23.0 Å². The molecule has 0 unspecified atom stereocenters. The Balaban J connectivity index is 1.95. The van der Waals surface area contributed by atoms with E-state index in [0.717, 1.165) is 21.5 Å². The van der Waals surface area contributed by atoms with Crippen LogP contribution in [0.3, 0.4) is 0 Å². The topological polar surface area (TPSA) is 39.2 Å². The van der Waals surface area contributed by atoms with Crippen molar-refractivity contribution in [1.82, 2.24) is 4.98 Å². The third-order valence-corrected chi connectivity index (χ3v) is 4.44. The first-order valence-corrected chi connectivity index (χ1v) is 8.50. The zero-order valence-electron chi connectivity index (χ0n) is 12.9. The predicted molar refractivity (Wildman–Crippen MR) is 93.7 cm³/mol. The van der Waals surface area contributed by atoms with Crippen molar-refractivity contribution in [2.45, 2.75) is 17.6 Å². The van der Waals surface area contributed by atoms with E-state index in [1.807, 2.05) is 55.5 Å². The zero-order chi connectivity index (χ0) is 16.1. The van der Waals surface area contributed by atoms with E-state index in [1.54, 1.807) is 11.8 Å². The Morgan fingerprint density at radius 2 is 1.83 bits per heavy atom. The molecule has 0 aliphatic carbocycles. The minimum Gasteiger partial charge on any atom is -0.462 e. The standard InChI is InChI=1S/C19H17NO2S/c1-2-22-19(21)16-12-14-8-6-7-11-17(14)20-18(16)13-23-15-9-4-3-5-10-15/h3-12H,2,13H2,1H3. The van der Waals surface area contributed by atoms with Crippen molar-refractivity contribution in [3.05, 3.63) is 71.9 Å². The molecule has 1 heterocycles. The molecule has 0 atom stereocenters. The summed E-state index contributed by atoms with van der Waals surface area (Å²) in [5.74, 6) is 0.317. The summed E-state index contributed by atoms with van der Waals surface area (Å²) in [7, 11) is 0. The number of thioether (sulfide) groups is 1. The van der Waals surface area contributed by atoms with E-state index in [9.17, 15) is 4.79 Å². The van der Waals surface area contributed by atoms with Gasteiger partial charge < -0.3 is 4.74 Å². The molecule has 3 nitrogen and oxygen atoms in total. The van der Waals surface area contributed by atoms with Crippen molar-refractivity contribution in [3.63, 3.8) is 0 Å². The number of esters is 1. The molecular formula is C19H17NO2S. The normalized spacial score (nSPS) is 10.7. The fraction of sp³-hybridized carbons (Fsp3) is 0.158. The minimum absolute atomic E-state index is 0.311. The number of benzene rings is 2. The molecule has 116 valence electrons. The van der Waals surface area contributed by atoms with Crippen molar-refractivity contribution < 1.29 is 9.53 Å². The maximum atomic E-state index is 12.2. The van der Waals surface area contributed by atoms with E-state index in [4.69, 9.17) is 4.74 Å². The van der Waals surface area contributed by atoms with Gasteiger partial charge in [-0.05, 0) is 31.2 Å². The number of hydrogen-bond acceptors (Lipinski definition) is 4. The van der Waals surface area contributed by atoms with Crippen LogP contribution >= 0.6 is 11.8 Å². The van der Waals surface area contributed by atoms with Gasteiger partial charge in [-0.3, -0.25) is 4.98 Å². The lowest BCUT2D eigenvalue weighted by Gasteiger charge is -2.10. The molecule has 0 N–H and O–H groups in total. The summed E-state index contributed by atoms with van der Waals surface area (Å²) in [4.78, 5) is 18.1. The maximum Gasteiger partial charge on any atom is 0.340 e. The van der Waals surface area contributed by atoms with Gasteiger partial charge in [-0.2, -0.15) is 0 Å². The summed E-state index contributed by atoms with van der Waals surface area (Å²) in [6.45, 7) is 2.17. The van der Waals surface area contributed by atoms with Crippen LogP contribution in [0.15, 0.2) is 65.6 Å². The number of nitrogens with zero attached hydrogens (tertiary/aromatic N) is 1. The lowest BCUT2D eigenvalue weighted by molar-refractivity contribution is 0.0525. The highest BCUT2D eigenvalue weighted by molar-refractivity contribution is 7.98. The predicted octanol–water partition coefficient (Wildman–Crippen LogP) is 4.70. The molecule has 0 fully saturated rings. The summed E-state index contributed by atoms with van der Waals surface area (Å²) in [6.07, 6.45) is 0. The number of aromatic nitrogens is 1. The summed E-state index contributed by atoms with van der Waals surface area (Å²) < 4.78 is 5.18. The molecule has 0 aliphatic rings. The molecule has 2 aromatic carbocycles. The van der Waals surface area contributed by atoms with E-state index in [1.165, 1.54) is 0 Å². The number of ether oxygens (including phenoxy) is 1. The number of para-hydroxylation sites is 1. The third kappa shape index (κ3) is 3.71. The molecule has 0 amide bonds. The van der Waals surface area contributed by atoms with Crippen LogP contribution in [-0.2, 0) is 10.5 Å². The first-order chi connectivity index (χ1) is 11.3. The van der Waals surface area contributed by atoms with Crippen LogP contribution in [0.2, 0.25) is 0 Å². The summed E-state index contributed by atoms with van der Waals surface area (Å²) in [6, 6.07) is 19.8. The number of pyridine rings is 1. The number of rotatable bonds is 5. The number of hydrogen-bond donors (Lipinski definition) is 0. The van der Waals surface area contributed by atoms with Gasteiger partial charge in [0.25, 0.3) is 0 Å². The van der Waals surface area contributed by atoms with E-state index in [0.29, 0.717) is 17.9 Å². The zero-order valence-corrected chi connectivity index (χ0v) is 13.7. The van der Waals surface area contributed by atoms with Gasteiger partial charge in [-0.25, -0.2) is 4.79 Å². The highest BCUT2D eigenvalue weighted by atomic mass is 32.2. The number of carbonyl (C=O) groups excluding carboxylic acids is 1. The van der Waals surface area contributed by atoms with Crippen molar-refractivity contribution in [2.24, 2.45) is 0 Å². The molecule has 3 aromatic rings. The van der Waals surface area contributed by atoms with Gasteiger partial charge in [-0.15, -0.1) is 11.8 Å². The minimum atomic E-state index is -0.311. The highest BCUT2D eigenvalue weighted by Gasteiger charge is 2.15. The Morgan fingerprint density at radius 3 is 2.61 bits per heavy atom. The van der Waals surface area contributed by atoms with Crippen molar-refractivity contribution in [3.8, 4) is 0 Å². The van der Waals surface area contributed by atoms with Gasteiger partial charge in [0.05, 0.1) is 23.4 Å². The molecule has 1 aromatic heterocycles. The van der Waals surface area contributed by atoms with Crippen LogP contribution in [0.25, 0.3) is 10.9 Å². The average molecular weight is 323 g/mol. The quantitative estimate of drug-likeness (QED) is 0.504. The lowest BCUT2D eigenvalue weighted by atomic mass is 10.1. The van der Waals surface area contributed by atoms with Crippen molar-refractivity contribution in [2.75, 3.05) is 6.61 Å². The monoisotopic (exact) mass is 323 g/mol. The summed E-state index contributed by atoms with van der Waals surface area (Å²) in [5, 5.41) is 0.948. The Hall–Kier alpha value is -2.33. The molecular weight excluding hydrogens is 306 g/mol. The molecule has 23 heavy (non-hydrogen) atoms. The van der Waals surface area contributed by atoms with Gasteiger partial charge >= 0.3 is 5.97 Å². The molecule has 0 aliphatic heterocycles. The van der Waals surface area contributed by atoms with Crippen LogP contribution in [0.5, 0.6) is 0 Å². The Labute approximate surface area is 139 Å². The second kappa shape index (κ2) is 7.29. The van der Waals surface area contributed by atoms with Crippen LogP contribution in [-0.4, -0.2) is 17.6 Å². The van der Waals surface area contributed by atoms with Gasteiger partial charge in [0.1, 0.15) is 0 Å². The number of carbonyl (C=O) groups is 1. The van der Waals surface area contributed by atoms with E-state index < -0.39 is 0 Å². The van der Waals surface area contributed by atoms with Crippen LogP contribution < -0.4 is 0 Å². The lowest BCUT2D eigenvalue weighted by Crippen LogP contribution is -2.09. The number of fused-ring (bicyclic) bond motifs is 1. The molecule has 0 spiro atoms. The third-order valence-electron chi connectivity index (χ3n) is 3.42. The summed E-state index contributed by atoms with van der Waals surface area (Å²) in [5.41, 5.74) is 2.20. The molecule has 3 rings (SSSR count). The molecule has 4 heteroatoms. The summed E-state index contributed by atoms with van der Waals surface area (Å²) >= 11 is 1.66. The van der Waals surface area contributed by atoms with Gasteiger partial charge in [0.15, 0.2) is 0 Å². The Kier molecular flexibility index (Phi) is 4.93.